The summed E-state index contributed by atoms with van der Waals surface area (Å²) in [5.41, 5.74) is 2.83. The van der Waals surface area contributed by atoms with Gasteiger partial charge in [0.25, 0.3) is 5.91 Å². The molecule has 46 heavy (non-hydrogen) atoms. The second kappa shape index (κ2) is 13.6. The first-order chi connectivity index (χ1) is 21.6. The molecular weight excluding hydrogens is 641 g/mol. The van der Waals surface area contributed by atoms with Crippen molar-refractivity contribution in [1.82, 2.24) is 5.32 Å². The Hall–Kier alpha value is -4.24. The van der Waals surface area contributed by atoms with Crippen LogP contribution in [0.1, 0.15) is 54.6 Å². The van der Waals surface area contributed by atoms with Crippen molar-refractivity contribution in [3.63, 3.8) is 0 Å². The van der Waals surface area contributed by atoms with Gasteiger partial charge in [0, 0.05) is 22.5 Å². The minimum Gasteiger partial charge on any atom is -0.495 e. The Kier molecular flexibility index (Phi) is 10.3. The molecule has 1 aliphatic heterocycles. The fraction of sp³-hybridized carbons (Fsp3) is 0.333. The average molecular weight is 674 g/mol. The quantitative estimate of drug-likeness (QED) is 0.241. The smallest absolute Gasteiger partial charge is 0.338 e. The van der Waals surface area contributed by atoms with E-state index < -0.39 is 64.9 Å². The molecule has 3 aromatic rings. The van der Waals surface area contributed by atoms with Crippen molar-refractivity contribution in [2.24, 2.45) is 11.1 Å². The number of carbonyl (C=O) groups excluding carboxylic acids is 3. The molecule has 4 N–H and O–H groups in total. The summed E-state index contributed by atoms with van der Waals surface area (Å²) in [6.07, 6.45) is 0.288. The number of carbonyl (C=O) groups is 3. The standard InChI is InChI=1S/C33H32Cl2F2N4O5/c1-32(2,3)14-25-33(16-38,20-10-9-18(34)13-22(20)36)27(19-6-5-7-21(35)28(19)37)29(41-25)30(43)40-23-11-8-17(12-24(23)45-4)31(44)46-15-26(39)42/h5-13,25,27,29,41H,14-15H2,1-4H3,(H2,39,42)(H,40,43). The van der Waals surface area contributed by atoms with Crippen LogP contribution in [0.2, 0.25) is 10.0 Å². The van der Waals surface area contributed by atoms with Crippen molar-refractivity contribution < 1.29 is 32.6 Å². The lowest BCUT2D eigenvalue weighted by molar-refractivity contribution is -0.121. The van der Waals surface area contributed by atoms with Crippen molar-refractivity contribution in [2.75, 3.05) is 19.0 Å². The normalized spacial score (nSPS) is 20.9. The topological polar surface area (TPSA) is 144 Å². The minimum absolute atomic E-state index is 0.0147. The van der Waals surface area contributed by atoms with Gasteiger partial charge < -0.3 is 25.8 Å². The van der Waals surface area contributed by atoms with Crippen LogP contribution < -0.4 is 21.1 Å². The first-order valence-electron chi connectivity index (χ1n) is 14.1. The van der Waals surface area contributed by atoms with Gasteiger partial charge in [0.15, 0.2) is 6.61 Å². The van der Waals surface area contributed by atoms with Crippen LogP contribution in [0.15, 0.2) is 54.6 Å². The number of amides is 2. The third kappa shape index (κ3) is 6.94. The highest BCUT2D eigenvalue weighted by Crippen LogP contribution is 2.53. The van der Waals surface area contributed by atoms with Crippen LogP contribution in [0.5, 0.6) is 5.75 Å². The molecule has 4 atom stereocenters. The number of nitrogens with zero attached hydrogens (tertiary/aromatic N) is 1. The monoisotopic (exact) mass is 672 g/mol. The maximum absolute atomic E-state index is 15.9. The lowest BCUT2D eigenvalue weighted by atomic mass is 9.62. The van der Waals surface area contributed by atoms with Crippen molar-refractivity contribution in [3.05, 3.63) is 93.0 Å². The second-order valence-electron chi connectivity index (χ2n) is 12.1. The van der Waals surface area contributed by atoms with Gasteiger partial charge in [0.1, 0.15) is 22.8 Å². The summed E-state index contributed by atoms with van der Waals surface area (Å²) in [7, 11) is 1.31. The van der Waals surface area contributed by atoms with Gasteiger partial charge in [-0.2, -0.15) is 5.26 Å². The molecule has 13 heteroatoms. The predicted molar refractivity (Wildman–Crippen MR) is 169 cm³/mol. The fourth-order valence-electron chi connectivity index (χ4n) is 5.91. The van der Waals surface area contributed by atoms with Gasteiger partial charge in [-0.05, 0) is 53.8 Å². The molecule has 0 spiro atoms. The second-order valence-corrected chi connectivity index (χ2v) is 13.0. The summed E-state index contributed by atoms with van der Waals surface area (Å²) in [6.45, 7) is 5.16. The average Bonchev–Trinajstić information content (AvgIpc) is 3.30. The van der Waals surface area contributed by atoms with Gasteiger partial charge in [0.05, 0.1) is 35.5 Å². The Bertz CT molecular complexity index is 1730. The molecule has 0 bridgehead atoms. The van der Waals surface area contributed by atoms with Crippen LogP contribution in [0.4, 0.5) is 14.5 Å². The van der Waals surface area contributed by atoms with E-state index in [1.807, 2.05) is 20.8 Å². The third-order valence-electron chi connectivity index (χ3n) is 7.77. The van der Waals surface area contributed by atoms with Crippen LogP contribution in [0, 0.1) is 28.4 Å². The summed E-state index contributed by atoms with van der Waals surface area (Å²) in [5, 5.41) is 16.8. The van der Waals surface area contributed by atoms with Gasteiger partial charge in [-0.15, -0.1) is 0 Å². The molecule has 0 aliphatic carbocycles. The zero-order valence-electron chi connectivity index (χ0n) is 25.4. The van der Waals surface area contributed by atoms with Gasteiger partial charge in [0.2, 0.25) is 5.91 Å². The van der Waals surface area contributed by atoms with Crippen LogP contribution in [-0.2, 0) is 19.7 Å². The maximum Gasteiger partial charge on any atom is 0.338 e. The molecule has 1 heterocycles. The minimum atomic E-state index is -1.81. The number of nitriles is 1. The lowest BCUT2D eigenvalue weighted by Crippen LogP contribution is -2.45. The van der Waals surface area contributed by atoms with Gasteiger partial charge in [-0.1, -0.05) is 62.2 Å². The molecule has 242 valence electrons. The summed E-state index contributed by atoms with van der Waals surface area (Å²) in [5.74, 6) is -5.25. The molecule has 4 unspecified atom stereocenters. The Morgan fingerprint density at radius 2 is 1.83 bits per heavy atom. The zero-order valence-corrected chi connectivity index (χ0v) is 26.9. The fourth-order valence-corrected chi connectivity index (χ4v) is 6.25. The summed E-state index contributed by atoms with van der Waals surface area (Å²) >= 11 is 12.3. The molecule has 3 aromatic carbocycles. The highest BCUT2D eigenvalue weighted by molar-refractivity contribution is 6.31. The first-order valence-corrected chi connectivity index (χ1v) is 14.9. The number of halogens is 4. The lowest BCUT2D eigenvalue weighted by Gasteiger charge is -2.37. The van der Waals surface area contributed by atoms with Gasteiger partial charge in [-0.25, -0.2) is 13.6 Å². The SMILES string of the molecule is COc1cc(C(=O)OCC(N)=O)ccc1NC(=O)C1NC(CC(C)(C)C)C(C#N)(c2ccc(Cl)cc2F)C1c1cccc(Cl)c1F. The first kappa shape index (κ1) is 34.6. The van der Waals surface area contributed by atoms with E-state index >= 15 is 8.78 Å². The summed E-state index contributed by atoms with van der Waals surface area (Å²) in [6, 6.07) is 12.3. The maximum atomic E-state index is 15.9. The van der Waals surface area contributed by atoms with Crippen molar-refractivity contribution in [2.45, 2.75) is 50.6 Å². The number of primary amides is 1. The molecule has 0 saturated carbocycles. The molecule has 1 saturated heterocycles. The Labute approximate surface area is 274 Å². The predicted octanol–water partition coefficient (Wildman–Crippen LogP) is 5.88. The van der Waals surface area contributed by atoms with E-state index in [4.69, 9.17) is 38.4 Å². The third-order valence-corrected chi connectivity index (χ3v) is 8.30. The Morgan fingerprint density at radius 1 is 1.11 bits per heavy atom. The van der Waals surface area contributed by atoms with Crippen molar-refractivity contribution >= 4 is 46.7 Å². The van der Waals surface area contributed by atoms with Gasteiger partial charge >= 0.3 is 5.97 Å². The molecule has 1 fully saturated rings. The van der Waals surface area contributed by atoms with E-state index in [-0.39, 0.29) is 44.6 Å². The van der Waals surface area contributed by atoms with Crippen LogP contribution in [-0.4, -0.2) is 43.6 Å². The summed E-state index contributed by atoms with van der Waals surface area (Å²) < 4.78 is 41.9. The van der Waals surface area contributed by atoms with Crippen molar-refractivity contribution in [3.8, 4) is 11.8 Å². The van der Waals surface area contributed by atoms with E-state index in [9.17, 15) is 19.6 Å². The van der Waals surface area contributed by atoms with E-state index in [2.05, 4.69) is 16.7 Å². The van der Waals surface area contributed by atoms with Crippen molar-refractivity contribution in [1.29, 1.82) is 5.26 Å². The van der Waals surface area contributed by atoms with E-state index in [1.54, 1.807) is 0 Å². The van der Waals surface area contributed by atoms with Crippen LogP contribution in [0.25, 0.3) is 0 Å². The van der Waals surface area contributed by atoms with E-state index in [0.717, 1.165) is 6.07 Å². The number of esters is 1. The number of nitrogens with two attached hydrogens (primary N) is 1. The number of benzene rings is 3. The van der Waals surface area contributed by atoms with Gasteiger partial charge in [-0.3, -0.25) is 9.59 Å². The number of nitrogens with one attached hydrogen (secondary N) is 2. The number of rotatable bonds is 9. The molecular formula is C33H32Cl2F2N4O5. The van der Waals surface area contributed by atoms with E-state index in [0.29, 0.717) is 0 Å². The number of hydrogen-bond donors (Lipinski definition) is 3. The molecule has 4 rings (SSSR count). The van der Waals surface area contributed by atoms with Crippen LogP contribution in [0.3, 0.4) is 0 Å². The number of hydrogen-bond acceptors (Lipinski definition) is 7. The Morgan fingerprint density at radius 3 is 2.43 bits per heavy atom. The number of anilines is 1. The molecule has 0 aromatic heterocycles. The summed E-state index contributed by atoms with van der Waals surface area (Å²) in [4.78, 5) is 37.6. The van der Waals surface area contributed by atoms with E-state index in [1.165, 1.54) is 55.6 Å². The largest absolute Gasteiger partial charge is 0.495 e. The molecule has 0 radical (unpaired) electrons. The Balaban J connectivity index is 1.86. The highest BCUT2D eigenvalue weighted by atomic mass is 35.5. The van der Waals surface area contributed by atoms with Crippen LogP contribution >= 0.6 is 23.2 Å². The zero-order chi connectivity index (χ0) is 34.0. The molecule has 1 aliphatic rings. The number of ether oxygens (including phenoxy) is 2. The highest BCUT2D eigenvalue weighted by Gasteiger charge is 2.61. The molecule has 2 amide bonds. The molecule has 9 nitrogen and oxygen atoms in total. The number of methoxy groups -OCH3 is 1.